The molecular weight excluding hydrogens is 425 g/mol. The lowest BCUT2D eigenvalue weighted by Gasteiger charge is -2.12. The molecule has 0 bridgehead atoms. The van der Waals surface area contributed by atoms with Gasteiger partial charge < -0.3 is 5.32 Å². The smallest absolute Gasteiger partial charge is 0.256 e. The van der Waals surface area contributed by atoms with Crippen LogP contribution in [0.25, 0.3) is 0 Å². The molecule has 0 unspecified atom stereocenters. The van der Waals surface area contributed by atoms with Crippen molar-refractivity contribution < 1.29 is 4.79 Å². The molecule has 144 valence electrons. The number of rotatable bonds is 6. The molecule has 2 aromatic carbocycles. The van der Waals surface area contributed by atoms with E-state index < -0.39 is 0 Å². The van der Waals surface area contributed by atoms with Crippen LogP contribution in [0.1, 0.15) is 31.2 Å². The molecule has 0 radical (unpaired) electrons. The highest BCUT2D eigenvalue weighted by Crippen LogP contribution is 2.45. The molecule has 0 spiro atoms. The van der Waals surface area contributed by atoms with Crippen molar-refractivity contribution >= 4 is 58.2 Å². The second-order valence-corrected chi connectivity index (χ2v) is 11.1. The summed E-state index contributed by atoms with van der Waals surface area (Å²) in [7, 11) is 0. The quantitative estimate of drug-likeness (QED) is 0.441. The van der Waals surface area contributed by atoms with E-state index in [4.69, 9.17) is 0 Å². The van der Waals surface area contributed by atoms with Crippen LogP contribution in [0, 0.1) is 6.92 Å². The maximum atomic E-state index is 12.9. The van der Waals surface area contributed by atoms with Gasteiger partial charge >= 0.3 is 0 Å². The number of benzene rings is 2. The molecule has 1 saturated heterocycles. The number of nitrogens with one attached hydrogen (secondary N) is 1. The van der Waals surface area contributed by atoms with Gasteiger partial charge in [-0.3, -0.25) is 4.79 Å². The van der Waals surface area contributed by atoms with Gasteiger partial charge in [0.15, 0.2) is 0 Å². The molecule has 1 aliphatic rings. The first-order valence-corrected chi connectivity index (χ1v) is 12.9. The lowest BCUT2D eigenvalue weighted by molar-refractivity contribution is 0.102. The van der Waals surface area contributed by atoms with Gasteiger partial charge in [0, 0.05) is 33.2 Å². The standard InChI is InChI=1S/C21H20N2OS4/c1-14-22-17(12-27-14)13-28-19-8-3-2-7-18(19)20(24)23-16-6-4-5-15(11-16)21-25-9-10-26-21/h2-8,11-12,21H,9-10,13H2,1H3,(H,23,24). The minimum absolute atomic E-state index is 0.0681. The number of carbonyl (C=O) groups is 1. The first kappa shape index (κ1) is 19.9. The number of aryl methyl sites for hydroxylation is 1. The Morgan fingerprint density at radius 1 is 1.18 bits per heavy atom. The van der Waals surface area contributed by atoms with E-state index in [-0.39, 0.29) is 5.91 Å². The molecule has 1 aromatic heterocycles. The van der Waals surface area contributed by atoms with E-state index >= 15 is 0 Å². The van der Waals surface area contributed by atoms with Gasteiger partial charge in [0.1, 0.15) is 0 Å². The topological polar surface area (TPSA) is 42.0 Å². The zero-order valence-electron chi connectivity index (χ0n) is 15.4. The molecule has 0 saturated carbocycles. The second kappa shape index (κ2) is 9.39. The Morgan fingerprint density at radius 2 is 2.00 bits per heavy atom. The highest BCUT2D eigenvalue weighted by atomic mass is 32.2. The zero-order valence-corrected chi connectivity index (χ0v) is 18.6. The Hall–Kier alpha value is -1.41. The van der Waals surface area contributed by atoms with Gasteiger partial charge in [-0.25, -0.2) is 4.98 Å². The summed E-state index contributed by atoms with van der Waals surface area (Å²) in [6.45, 7) is 2.01. The maximum Gasteiger partial charge on any atom is 0.256 e. The van der Waals surface area contributed by atoms with Gasteiger partial charge in [0.2, 0.25) is 0 Å². The van der Waals surface area contributed by atoms with E-state index in [0.717, 1.165) is 27.0 Å². The van der Waals surface area contributed by atoms with Crippen LogP contribution in [-0.2, 0) is 5.75 Å². The van der Waals surface area contributed by atoms with E-state index in [1.165, 1.54) is 17.1 Å². The first-order valence-electron chi connectivity index (χ1n) is 8.96. The van der Waals surface area contributed by atoms with Crippen molar-refractivity contribution in [3.05, 3.63) is 75.7 Å². The average Bonchev–Trinajstić information content (AvgIpc) is 3.39. The molecule has 1 fully saturated rings. The summed E-state index contributed by atoms with van der Waals surface area (Å²) in [6, 6.07) is 16.0. The lowest BCUT2D eigenvalue weighted by atomic mass is 10.2. The SMILES string of the molecule is Cc1nc(CSc2ccccc2C(=O)Nc2cccc(C3SCCS3)c2)cs1. The Kier molecular flexibility index (Phi) is 6.67. The normalized spacial score (nSPS) is 14.3. The van der Waals surface area contributed by atoms with Crippen LogP contribution in [0.5, 0.6) is 0 Å². The van der Waals surface area contributed by atoms with Gasteiger partial charge in [0.05, 0.1) is 20.8 Å². The van der Waals surface area contributed by atoms with E-state index in [1.54, 1.807) is 23.1 Å². The highest BCUT2D eigenvalue weighted by Gasteiger charge is 2.19. The molecule has 3 nitrogen and oxygen atoms in total. The number of hydrogen-bond donors (Lipinski definition) is 1. The van der Waals surface area contributed by atoms with E-state index in [9.17, 15) is 4.79 Å². The fourth-order valence-electron chi connectivity index (χ4n) is 2.92. The molecule has 0 aliphatic carbocycles. The maximum absolute atomic E-state index is 12.9. The number of amides is 1. The van der Waals surface area contributed by atoms with Crippen LogP contribution >= 0.6 is 46.6 Å². The number of nitrogens with zero attached hydrogens (tertiary/aromatic N) is 1. The zero-order chi connectivity index (χ0) is 19.3. The van der Waals surface area contributed by atoms with Crippen molar-refractivity contribution in [1.29, 1.82) is 0 Å². The van der Waals surface area contributed by atoms with E-state index in [1.807, 2.05) is 66.8 Å². The number of thiazole rings is 1. The van der Waals surface area contributed by atoms with E-state index in [2.05, 4.69) is 27.8 Å². The number of carbonyl (C=O) groups excluding carboxylic acids is 1. The fourth-order valence-corrected chi connectivity index (χ4v) is 7.42. The molecule has 3 aromatic rings. The lowest BCUT2D eigenvalue weighted by Crippen LogP contribution is -2.13. The molecule has 1 aliphatic heterocycles. The molecule has 1 N–H and O–H groups in total. The largest absolute Gasteiger partial charge is 0.322 e. The van der Waals surface area contributed by atoms with Gasteiger partial charge in [0.25, 0.3) is 5.91 Å². The van der Waals surface area contributed by atoms with Crippen molar-refractivity contribution in [2.24, 2.45) is 0 Å². The Labute approximate surface area is 182 Å². The summed E-state index contributed by atoms with van der Waals surface area (Å²) < 4.78 is 0.473. The van der Waals surface area contributed by atoms with Gasteiger partial charge in [-0.2, -0.15) is 0 Å². The van der Waals surface area contributed by atoms with Gasteiger partial charge in [-0.05, 0) is 36.8 Å². The van der Waals surface area contributed by atoms with Crippen molar-refractivity contribution in [1.82, 2.24) is 4.98 Å². The van der Waals surface area contributed by atoms with Gasteiger partial charge in [-0.1, -0.05) is 24.3 Å². The summed E-state index contributed by atoms with van der Waals surface area (Å²) in [5, 5.41) is 6.23. The molecule has 0 atom stereocenters. The molecule has 7 heteroatoms. The predicted octanol–water partition coefficient (Wildman–Crippen LogP) is 6.47. The highest BCUT2D eigenvalue weighted by molar-refractivity contribution is 8.19. The van der Waals surface area contributed by atoms with Crippen LogP contribution in [0.3, 0.4) is 0 Å². The number of anilines is 1. The van der Waals surface area contributed by atoms with Crippen LogP contribution in [0.4, 0.5) is 5.69 Å². The molecule has 1 amide bonds. The fraction of sp³-hybridized carbons (Fsp3) is 0.238. The number of aromatic nitrogens is 1. The molecule has 4 rings (SSSR count). The van der Waals surface area contributed by atoms with Crippen molar-refractivity contribution in [3.63, 3.8) is 0 Å². The van der Waals surface area contributed by atoms with Crippen molar-refractivity contribution in [3.8, 4) is 0 Å². The van der Waals surface area contributed by atoms with Crippen LogP contribution in [0.2, 0.25) is 0 Å². The summed E-state index contributed by atoms with van der Waals surface area (Å²) in [6.07, 6.45) is 0. The monoisotopic (exact) mass is 444 g/mol. The number of hydrogen-bond acceptors (Lipinski definition) is 6. The van der Waals surface area contributed by atoms with Crippen LogP contribution in [0.15, 0.2) is 58.8 Å². The molecular formula is C21H20N2OS4. The first-order chi connectivity index (χ1) is 13.7. The average molecular weight is 445 g/mol. The Balaban J connectivity index is 1.47. The Morgan fingerprint density at radius 3 is 2.79 bits per heavy atom. The predicted molar refractivity (Wildman–Crippen MR) is 125 cm³/mol. The third-order valence-electron chi connectivity index (χ3n) is 4.21. The van der Waals surface area contributed by atoms with Gasteiger partial charge in [-0.15, -0.1) is 46.6 Å². The number of thioether (sulfide) groups is 3. The minimum atomic E-state index is -0.0681. The van der Waals surface area contributed by atoms with E-state index in [0.29, 0.717) is 10.1 Å². The third-order valence-corrected chi connectivity index (χ3v) is 9.25. The van der Waals surface area contributed by atoms with Crippen molar-refractivity contribution in [2.75, 3.05) is 16.8 Å². The summed E-state index contributed by atoms with van der Waals surface area (Å²) in [5.74, 6) is 3.08. The third kappa shape index (κ3) is 4.95. The van der Waals surface area contributed by atoms with Crippen molar-refractivity contribution in [2.45, 2.75) is 22.2 Å². The van der Waals surface area contributed by atoms with Crippen LogP contribution < -0.4 is 5.32 Å². The second-order valence-electron chi connectivity index (χ2n) is 6.30. The minimum Gasteiger partial charge on any atom is -0.322 e. The summed E-state index contributed by atoms with van der Waals surface area (Å²) in [5.41, 5.74) is 3.88. The molecule has 2 heterocycles. The molecule has 28 heavy (non-hydrogen) atoms. The van der Waals surface area contributed by atoms with Crippen LogP contribution in [-0.4, -0.2) is 22.4 Å². The summed E-state index contributed by atoms with van der Waals surface area (Å²) >= 11 is 7.25. The Bertz CT molecular complexity index is 966. The summed E-state index contributed by atoms with van der Waals surface area (Å²) in [4.78, 5) is 18.4.